The van der Waals surface area contributed by atoms with Crippen LogP contribution in [0.2, 0.25) is 5.02 Å². The molecule has 7 heteroatoms. The number of amides is 2. The van der Waals surface area contributed by atoms with Gasteiger partial charge in [0.1, 0.15) is 4.88 Å². The van der Waals surface area contributed by atoms with E-state index in [-0.39, 0.29) is 17.9 Å². The molecule has 1 aromatic heterocycles. The third-order valence-electron chi connectivity index (χ3n) is 8.52. The summed E-state index contributed by atoms with van der Waals surface area (Å²) in [6.07, 6.45) is 4.91. The van der Waals surface area contributed by atoms with Gasteiger partial charge in [0.15, 0.2) is 0 Å². The van der Waals surface area contributed by atoms with Crippen LogP contribution in [0.4, 0.5) is 5.69 Å². The molecule has 0 radical (unpaired) electrons. The van der Waals surface area contributed by atoms with Gasteiger partial charge >= 0.3 is 0 Å². The summed E-state index contributed by atoms with van der Waals surface area (Å²) in [5.74, 6) is 0.0211. The topological polar surface area (TPSA) is 52.7 Å². The molecule has 1 heterocycles. The number of hydrogen-bond acceptors (Lipinski definition) is 4. The molecule has 2 amide bonds. The number of hydrogen-bond donors (Lipinski definition) is 1. The zero-order valence-electron chi connectivity index (χ0n) is 24.2. The van der Waals surface area contributed by atoms with Gasteiger partial charge in [-0.25, -0.2) is 0 Å². The lowest BCUT2D eigenvalue weighted by molar-refractivity contribution is -0.116. The smallest absolute Gasteiger partial charge is 0.266 e. The van der Waals surface area contributed by atoms with Crippen molar-refractivity contribution in [2.75, 3.05) is 19.0 Å². The van der Waals surface area contributed by atoms with E-state index < -0.39 is 0 Å². The van der Waals surface area contributed by atoms with Crippen LogP contribution >= 0.6 is 22.9 Å². The summed E-state index contributed by atoms with van der Waals surface area (Å²) in [5, 5.41) is 4.92. The van der Waals surface area contributed by atoms with Gasteiger partial charge in [-0.2, -0.15) is 0 Å². The number of benzene rings is 3. The van der Waals surface area contributed by atoms with Crippen LogP contribution < -0.4 is 10.2 Å². The number of anilines is 1. The number of aryl methyl sites for hydroxylation is 1. The summed E-state index contributed by atoms with van der Waals surface area (Å²) in [6.45, 7) is 4.27. The van der Waals surface area contributed by atoms with E-state index in [0.717, 1.165) is 64.6 Å². The van der Waals surface area contributed by atoms with E-state index in [4.69, 9.17) is 11.6 Å². The van der Waals surface area contributed by atoms with Crippen molar-refractivity contribution in [1.29, 1.82) is 0 Å². The van der Waals surface area contributed by atoms with Crippen LogP contribution in [-0.2, 0) is 17.8 Å². The fourth-order valence-electron chi connectivity index (χ4n) is 5.87. The van der Waals surface area contributed by atoms with Gasteiger partial charge in [0.05, 0.1) is 5.02 Å². The first-order valence-corrected chi connectivity index (χ1v) is 15.6. The number of halogens is 1. The molecule has 0 atom stereocenters. The highest BCUT2D eigenvalue weighted by Gasteiger charge is 2.32. The second kappa shape index (κ2) is 12.8. The molecule has 5 nitrogen and oxygen atoms in total. The zero-order chi connectivity index (χ0) is 29.1. The summed E-state index contributed by atoms with van der Waals surface area (Å²) < 4.78 is 1.04. The van der Waals surface area contributed by atoms with Crippen LogP contribution in [0.3, 0.4) is 0 Å². The normalized spacial score (nSPS) is 17.0. The maximum atomic E-state index is 14.3. The lowest BCUT2D eigenvalue weighted by atomic mass is 9.89. The monoisotopic (exact) mass is 587 g/mol. The van der Waals surface area contributed by atoms with Gasteiger partial charge in [-0.1, -0.05) is 61.0 Å². The third-order valence-corrected chi connectivity index (χ3v) is 10.2. The Kier molecular flexibility index (Phi) is 9.12. The minimum atomic E-state index is -0.000384. The van der Waals surface area contributed by atoms with E-state index in [1.807, 2.05) is 43.4 Å². The highest BCUT2D eigenvalue weighted by Crippen LogP contribution is 2.38. The Hall–Kier alpha value is -3.19. The lowest BCUT2D eigenvalue weighted by Crippen LogP contribution is -2.44. The zero-order valence-corrected chi connectivity index (χ0v) is 25.8. The van der Waals surface area contributed by atoms with Crippen LogP contribution in [0.5, 0.6) is 0 Å². The van der Waals surface area contributed by atoms with Gasteiger partial charge in [-0.05, 0) is 85.7 Å². The van der Waals surface area contributed by atoms with Crippen molar-refractivity contribution in [3.63, 3.8) is 0 Å². The highest BCUT2D eigenvalue weighted by atomic mass is 35.5. The molecule has 0 spiro atoms. The van der Waals surface area contributed by atoms with E-state index in [2.05, 4.69) is 47.5 Å². The average Bonchev–Trinajstić information content (AvgIpc) is 3.35. The van der Waals surface area contributed by atoms with E-state index in [9.17, 15) is 9.59 Å². The van der Waals surface area contributed by atoms with Gasteiger partial charge in [-0.15, -0.1) is 11.3 Å². The maximum absolute atomic E-state index is 14.3. The molecule has 214 valence electrons. The Morgan fingerprint density at radius 3 is 2.27 bits per heavy atom. The van der Waals surface area contributed by atoms with Gasteiger partial charge in [0, 0.05) is 48.4 Å². The van der Waals surface area contributed by atoms with Crippen molar-refractivity contribution in [1.82, 2.24) is 10.2 Å². The summed E-state index contributed by atoms with van der Waals surface area (Å²) in [7, 11) is 3.80. The van der Waals surface area contributed by atoms with Crippen molar-refractivity contribution in [3.8, 4) is 11.1 Å². The minimum Gasteiger partial charge on any atom is -0.331 e. The van der Waals surface area contributed by atoms with Crippen LogP contribution in [0.1, 0.15) is 60.3 Å². The molecular weight excluding hydrogens is 550 g/mol. The molecule has 1 aliphatic rings. The second-order valence-electron chi connectivity index (χ2n) is 10.9. The molecular formula is C34H38ClN3O2S. The van der Waals surface area contributed by atoms with Crippen molar-refractivity contribution in [2.45, 2.75) is 64.6 Å². The van der Waals surface area contributed by atoms with Crippen LogP contribution in [0.15, 0.2) is 66.7 Å². The number of carbonyl (C=O) groups excluding carboxylic acids is 2. The van der Waals surface area contributed by atoms with Crippen LogP contribution in [0.25, 0.3) is 21.2 Å². The van der Waals surface area contributed by atoms with Crippen molar-refractivity contribution < 1.29 is 9.59 Å². The van der Waals surface area contributed by atoms with Gasteiger partial charge in [0.25, 0.3) is 5.91 Å². The Labute approximate surface area is 252 Å². The van der Waals surface area contributed by atoms with Crippen molar-refractivity contribution >= 4 is 50.5 Å². The van der Waals surface area contributed by atoms with Crippen LogP contribution in [0, 0.1) is 0 Å². The molecule has 41 heavy (non-hydrogen) atoms. The third kappa shape index (κ3) is 6.20. The van der Waals surface area contributed by atoms with Crippen molar-refractivity contribution in [3.05, 3.63) is 87.8 Å². The number of nitrogens with zero attached hydrogens (tertiary/aromatic N) is 2. The fourth-order valence-corrected chi connectivity index (χ4v) is 7.33. The average molecular weight is 588 g/mol. The fraction of sp³-hybridized carbons (Fsp3) is 0.353. The Morgan fingerprint density at radius 2 is 1.63 bits per heavy atom. The number of nitrogens with one attached hydrogen (secondary N) is 1. The number of rotatable bonds is 8. The molecule has 1 saturated carbocycles. The summed E-state index contributed by atoms with van der Waals surface area (Å²) in [6, 6.07) is 23.3. The first-order chi connectivity index (χ1) is 19.8. The molecule has 1 aliphatic carbocycles. The number of carbonyl (C=O) groups is 2. The van der Waals surface area contributed by atoms with Crippen molar-refractivity contribution in [2.24, 2.45) is 0 Å². The molecule has 1 fully saturated rings. The molecule has 1 N–H and O–H groups in total. The highest BCUT2D eigenvalue weighted by molar-refractivity contribution is 7.21. The Balaban J connectivity index is 1.50. The second-order valence-corrected chi connectivity index (χ2v) is 12.4. The molecule has 0 aliphatic heterocycles. The Morgan fingerprint density at radius 1 is 0.951 bits per heavy atom. The molecule has 5 rings (SSSR count). The summed E-state index contributed by atoms with van der Waals surface area (Å²) >= 11 is 8.32. The molecule has 4 aromatic rings. The first kappa shape index (κ1) is 29.3. The molecule has 0 unspecified atom stereocenters. The summed E-state index contributed by atoms with van der Waals surface area (Å²) in [5.41, 5.74) is 5.44. The number of thiophene rings is 1. The van der Waals surface area contributed by atoms with E-state index in [1.165, 1.54) is 16.9 Å². The van der Waals surface area contributed by atoms with Gasteiger partial charge < -0.3 is 15.1 Å². The van der Waals surface area contributed by atoms with Gasteiger partial charge in [-0.3, -0.25) is 9.59 Å². The van der Waals surface area contributed by atoms with E-state index in [0.29, 0.717) is 22.5 Å². The molecule has 0 bridgehead atoms. The Bertz CT molecular complexity index is 1540. The minimum absolute atomic E-state index is 0.000384. The first-order valence-electron chi connectivity index (χ1n) is 14.4. The number of fused-ring (bicyclic) bond motifs is 1. The predicted octanol–water partition coefficient (Wildman–Crippen LogP) is 7.94. The largest absolute Gasteiger partial charge is 0.331 e. The van der Waals surface area contributed by atoms with Crippen LogP contribution in [-0.4, -0.2) is 42.9 Å². The predicted molar refractivity (Wildman–Crippen MR) is 172 cm³/mol. The SMILES string of the molecule is CCc1ccc(-c2ccc(N(C)C(C)=O)cc2)cc1CN(C(=O)c1sc2ccccc2c1Cl)C1CCC(NC)CC1. The molecule has 0 saturated heterocycles. The van der Waals surface area contributed by atoms with E-state index in [1.54, 1.807) is 18.9 Å². The standard InChI is InChI=1S/C34H38ClN3O2S/c1-5-23-10-11-25(24-12-16-28(17-13-24)37(4)22(2)39)20-26(23)21-38(29-18-14-27(36-3)15-19-29)34(40)33-32(35)30-8-6-7-9-31(30)41-33/h6-13,16-17,20,27,29,36H,5,14-15,18-19,21H2,1-4H3. The van der Waals surface area contributed by atoms with Gasteiger partial charge in [0.2, 0.25) is 5.91 Å². The maximum Gasteiger partial charge on any atom is 0.266 e. The quantitative estimate of drug-likeness (QED) is 0.228. The summed E-state index contributed by atoms with van der Waals surface area (Å²) in [4.78, 5) is 30.5. The molecule has 3 aromatic carbocycles. The van der Waals surface area contributed by atoms with E-state index >= 15 is 0 Å². The lowest BCUT2D eigenvalue weighted by Gasteiger charge is -2.37.